The van der Waals surface area contributed by atoms with E-state index < -0.39 is 0 Å². The lowest BCUT2D eigenvalue weighted by atomic mass is 9.80. The van der Waals surface area contributed by atoms with E-state index in [1.807, 2.05) is 13.8 Å². The highest BCUT2D eigenvalue weighted by molar-refractivity contribution is 5.95. The molecule has 0 radical (unpaired) electrons. The molecule has 10 nitrogen and oxygen atoms in total. The second-order valence-corrected chi connectivity index (χ2v) is 7.87. The van der Waals surface area contributed by atoms with Crippen LogP contribution in [0.25, 0.3) is 11.0 Å². The van der Waals surface area contributed by atoms with Crippen LogP contribution in [0.5, 0.6) is 0 Å². The Hall–Kier alpha value is -3.17. The molecule has 3 fully saturated rings. The standard InChI is InChI=1S/C18H21N7O3/c1-8(2)14-10(6-20-28-14)16(26)21-13-9-4-12(13)25(7-9)18-22-15-11(17(27)23-18)5-19-24(15)3/h5-6,8-9,12-13H,4,7H2,1-3H3,(H,21,26)(H,22,23,27). The van der Waals surface area contributed by atoms with Crippen LogP contribution < -0.4 is 15.8 Å². The van der Waals surface area contributed by atoms with Crippen molar-refractivity contribution < 1.29 is 9.32 Å². The average molecular weight is 383 g/mol. The van der Waals surface area contributed by atoms with Gasteiger partial charge in [0.25, 0.3) is 11.5 Å². The maximum absolute atomic E-state index is 12.7. The van der Waals surface area contributed by atoms with Gasteiger partial charge in [0, 0.05) is 25.4 Å². The number of carbonyl (C=O) groups excluding carboxylic acids is 1. The second-order valence-electron chi connectivity index (χ2n) is 7.87. The van der Waals surface area contributed by atoms with Crippen LogP contribution >= 0.6 is 0 Å². The zero-order chi connectivity index (χ0) is 19.6. The van der Waals surface area contributed by atoms with Gasteiger partial charge < -0.3 is 14.7 Å². The third-order valence-corrected chi connectivity index (χ3v) is 5.82. The van der Waals surface area contributed by atoms with Crippen LogP contribution in [0.2, 0.25) is 0 Å². The fourth-order valence-corrected chi connectivity index (χ4v) is 4.30. The minimum absolute atomic E-state index is 0.00921. The number of aromatic amines is 1. The van der Waals surface area contributed by atoms with E-state index in [9.17, 15) is 9.59 Å². The summed E-state index contributed by atoms with van der Waals surface area (Å²) in [6.07, 6.45) is 3.94. The van der Waals surface area contributed by atoms with Crippen molar-refractivity contribution in [1.82, 2.24) is 30.2 Å². The van der Waals surface area contributed by atoms with Gasteiger partial charge in [-0.2, -0.15) is 10.1 Å². The van der Waals surface area contributed by atoms with Crippen molar-refractivity contribution >= 4 is 22.9 Å². The number of anilines is 1. The fourth-order valence-electron chi connectivity index (χ4n) is 4.30. The van der Waals surface area contributed by atoms with Crippen LogP contribution in [0.15, 0.2) is 21.7 Å². The maximum Gasteiger partial charge on any atom is 0.263 e. The summed E-state index contributed by atoms with van der Waals surface area (Å²) >= 11 is 0. The number of fused-ring (bicyclic) bond motifs is 2. The van der Waals surface area contributed by atoms with E-state index in [-0.39, 0.29) is 29.5 Å². The lowest BCUT2D eigenvalue weighted by molar-refractivity contribution is 0.0891. The van der Waals surface area contributed by atoms with Gasteiger partial charge in [0.15, 0.2) is 11.4 Å². The number of nitrogens with one attached hydrogen (secondary N) is 2. The van der Waals surface area contributed by atoms with Crippen molar-refractivity contribution in [3.8, 4) is 0 Å². The van der Waals surface area contributed by atoms with Crippen molar-refractivity contribution in [2.45, 2.75) is 38.3 Å². The maximum atomic E-state index is 12.7. The second kappa shape index (κ2) is 5.91. The number of H-pyrrole nitrogens is 1. The number of nitrogens with zero attached hydrogens (tertiary/aromatic N) is 5. The van der Waals surface area contributed by atoms with Gasteiger partial charge in [-0.1, -0.05) is 19.0 Å². The van der Waals surface area contributed by atoms with E-state index in [0.717, 1.165) is 13.0 Å². The molecule has 2 bridgehead atoms. The van der Waals surface area contributed by atoms with Crippen molar-refractivity contribution in [2.24, 2.45) is 13.0 Å². The minimum Gasteiger partial charge on any atom is -0.360 e. The van der Waals surface area contributed by atoms with Gasteiger partial charge in [-0.15, -0.1) is 0 Å². The molecule has 5 heterocycles. The van der Waals surface area contributed by atoms with Crippen LogP contribution in [0.3, 0.4) is 0 Å². The Bertz CT molecular complexity index is 1130. The van der Waals surface area contributed by atoms with Crippen LogP contribution in [0.1, 0.15) is 42.3 Å². The zero-order valence-corrected chi connectivity index (χ0v) is 15.8. The molecule has 3 unspecified atom stereocenters. The molecule has 2 saturated heterocycles. The highest BCUT2D eigenvalue weighted by Gasteiger charge is 2.53. The third kappa shape index (κ3) is 2.36. The largest absolute Gasteiger partial charge is 0.360 e. The number of hydrogen-bond acceptors (Lipinski definition) is 7. The smallest absolute Gasteiger partial charge is 0.263 e. The number of aryl methyl sites for hydroxylation is 1. The van der Waals surface area contributed by atoms with Gasteiger partial charge in [-0.25, -0.2) is 0 Å². The summed E-state index contributed by atoms with van der Waals surface area (Å²) in [6, 6.07) is 0.111. The Kier molecular flexibility index (Phi) is 3.58. The van der Waals surface area contributed by atoms with Crippen LogP contribution in [0.4, 0.5) is 5.95 Å². The molecule has 1 amide bonds. The Balaban J connectivity index is 1.38. The first-order valence-electron chi connectivity index (χ1n) is 9.38. The van der Waals surface area contributed by atoms with Crippen molar-refractivity contribution in [2.75, 3.05) is 11.4 Å². The lowest BCUT2D eigenvalue weighted by Crippen LogP contribution is -2.55. The molecule has 1 saturated carbocycles. The zero-order valence-electron chi connectivity index (χ0n) is 15.8. The van der Waals surface area contributed by atoms with E-state index in [4.69, 9.17) is 4.52 Å². The van der Waals surface area contributed by atoms with Gasteiger partial charge in [0.05, 0.1) is 24.5 Å². The summed E-state index contributed by atoms with van der Waals surface area (Å²) in [6.45, 7) is 4.66. The van der Waals surface area contributed by atoms with Gasteiger partial charge in [-0.05, 0) is 6.42 Å². The van der Waals surface area contributed by atoms with Gasteiger partial charge in [0.2, 0.25) is 5.95 Å². The van der Waals surface area contributed by atoms with Crippen LogP contribution in [-0.2, 0) is 7.05 Å². The monoisotopic (exact) mass is 383 g/mol. The predicted molar refractivity (Wildman–Crippen MR) is 100 cm³/mol. The lowest BCUT2D eigenvalue weighted by Gasteiger charge is -2.36. The van der Waals surface area contributed by atoms with Crippen molar-refractivity contribution in [1.29, 1.82) is 0 Å². The molecule has 28 heavy (non-hydrogen) atoms. The normalized spacial score (nSPS) is 23.4. The van der Waals surface area contributed by atoms with Crippen LogP contribution in [0, 0.1) is 5.92 Å². The Morgan fingerprint density at radius 1 is 1.39 bits per heavy atom. The third-order valence-electron chi connectivity index (χ3n) is 5.82. The fraction of sp³-hybridized carbons (Fsp3) is 0.500. The summed E-state index contributed by atoms with van der Waals surface area (Å²) < 4.78 is 6.81. The molecule has 3 aromatic heterocycles. The first kappa shape index (κ1) is 17.0. The Morgan fingerprint density at radius 3 is 3.00 bits per heavy atom. The van der Waals surface area contributed by atoms with E-state index in [0.29, 0.717) is 34.2 Å². The first-order valence-corrected chi connectivity index (χ1v) is 9.38. The molecule has 146 valence electrons. The summed E-state index contributed by atoms with van der Waals surface area (Å²) in [5.74, 6) is 1.35. The molecule has 2 N–H and O–H groups in total. The molecule has 3 atom stereocenters. The van der Waals surface area contributed by atoms with E-state index in [1.165, 1.54) is 12.4 Å². The first-order chi connectivity index (χ1) is 13.4. The Labute approximate surface area is 159 Å². The van der Waals surface area contributed by atoms with E-state index >= 15 is 0 Å². The molecule has 6 rings (SSSR count). The molecular weight excluding hydrogens is 362 g/mol. The minimum atomic E-state index is -0.205. The van der Waals surface area contributed by atoms with Crippen molar-refractivity contribution in [3.05, 3.63) is 34.1 Å². The molecule has 1 aliphatic carbocycles. The summed E-state index contributed by atoms with van der Waals surface area (Å²) in [4.78, 5) is 34.6. The molecule has 0 aromatic carbocycles. The van der Waals surface area contributed by atoms with Crippen LogP contribution in [-0.4, -0.2) is 49.4 Å². The number of rotatable bonds is 4. The van der Waals surface area contributed by atoms with Gasteiger partial charge in [-0.3, -0.25) is 19.3 Å². The predicted octanol–water partition coefficient (Wildman–Crippen LogP) is 0.775. The highest BCUT2D eigenvalue weighted by atomic mass is 16.5. The van der Waals surface area contributed by atoms with Gasteiger partial charge >= 0.3 is 0 Å². The number of amides is 1. The van der Waals surface area contributed by atoms with Crippen molar-refractivity contribution in [3.63, 3.8) is 0 Å². The van der Waals surface area contributed by atoms with Gasteiger partial charge in [0.1, 0.15) is 10.9 Å². The number of hydrogen-bond donors (Lipinski definition) is 2. The molecule has 0 spiro atoms. The topological polar surface area (TPSA) is 122 Å². The molecular formula is C18H21N7O3. The summed E-state index contributed by atoms with van der Waals surface area (Å²) in [5.41, 5.74) is 0.828. The van der Waals surface area contributed by atoms with E-state index in [2.05, 4.69) is 30.4 Å². The quantitative estimate of drug-likeness (QED) is 0.682. The Morgan fingerprint density at radius 2 is 2.21 bits per heavy atom. The molecule has 2 aliphatic heterocycles. The highest BCUT2D eigenvalue weighted by Crippen LogP contribution is 2.42. The van der Waals surface area contributed by atoms with E-state index in [1.54, 1.807) is 11.7 Å². The molecule has 10 heteroatoms. The average Bonchev–Trinajstić information content (AvgIpc) is 3.41. The number of carbonyl (C=O) groups is 1. The molecule has 3 aromatic rings. The molecule has 3 aliphatic rings. The number of aromatic nitrogens is 5. The summed E-state index contributed by atoms with van der Waals surface area (Å²) in [5, 5.41) is 11.5. The summed E-state index contributed by atoms with van der Waals surface area (Å²) in [7, 11) is 1.76. The SMILES string of the molecule is CC(C)c1oncc1C(=O)NC1C2CC1N(c1nc3c(cnn3C)c(=O)[nH]1)C2.